The van der Waals surface area contributed by atoms with Crippen molar-refractivity contribution in [3.05, 3.63) is 76.0 Å². The number of benzene rings is 2. The van der Waals surface area contributed by atoms with Crippen molar-refractivity contribution in [3.63, 3.8) is 0 Å². The second kappa shape index (κ2) is 7.47. The Bertz CT molecular complexity index is 1070. The molecule has 2 fully saturated rings. The fourth-order valence-corrected chi connectivity index (χ4v) is 5.02. The third-order valence-electron chi connectivity index (χ3n) is 6.07. The standard InChI is InChI=1S/C23H18BrFN2O3/c24-17-7-8-19(30-12-15-3-1-2-4-18(15)25)16(10-17)11-26-27-22(28)20-13-5-6-14(9-13)21(20)23(27)29/h1-8,10-11,13-14,20-21H,9,12H2. The van der Waals surface area contributed by atoms with E-state index >= 15 is 0 Å². The zero-order valence-electron chi connectivity index (χ0n) is 15.9. The molecular formula is C23H18BrFN2O3. The maximum atomic E-state index is 13.9. The topological polar surface area (TPSA) is 59.0 Å². The number of rotatable bonds is 5. The highest BCUT2D eigenvalue weighted by atomic mass is 79.9. The van der Waals surface area contributed by atoms with Crippen LogP contribution < -0.4 is 4.74 Å². The molecule has 5 nitrogen and oxygen atoms in total. The fourth-order valence-electron chi connectivity index (χ4n) is 4.64. The first-order chi connectivity index (χ1) is 14.5. The number of hydrogen-bond acceptors (Lipinski definition) is 4. The monoisotopic (exact) mass is 468 g/mol. The van der Waals surface area contributed by atoms with Crippen LogP contribution in [0.3, 0.4) is 0 Å². The molecule has 5 rings (SSSR count). The first-order valence-electron chi connectivity index (χ1n) is 9.79. The fraction of sp³-hybridized carbons (Fsp3) is 0.261. The Balaban J connectivity index is 1.36. The van der Waals surface area contributed by atoms with Gasteiger partial charge in [0.05, 0.1) is 18.1 Å². The van der Waals surface area contributed by atoms with E-state index in [1.54, 1.807) is 36.4 Å². The van der Waals surface area contributed by atoms with Gasteiger partial charge in [-0.25, -0.2) is 4.39 Å². The van der Waals surface area contributed by atoms with Crippen molar-refractivity contribution in [2.24, 2.45) is 28.8 Å². The van der Waals surface area contributed by atoms with E-state index in [9.17, 15) is 14.0 Å². The van der Waals surface area contributed by atoms with Crippen LogP contribution in [0.2, 0.25) is 0 Å². The molecule has 0 aromatic heterocycles. The maximum absolute atomic E-state index is 13.9. The van der Waals surface area contributed by atoms with Gasteiger partial charge in [-0.05, 0) is 42.5 Å². The largest absolute Gasteiger partial charge is 0.488 e. The molecule has 0 spiro atoms. The molecule has 2 amide bonds. The quantitative estimate of drug-likeness (QED) is 0.373. The summed E-state index contributed by atoms with van der Waals surface area (Å²) in [5.74, 6) is -0.625. The summed E-state index contributed by atoms with van der Waals surface area (Å²) in [7, 11) is 0. The Morgan fingerprint density at radius 2 is 1.80 bits per heavy atom. The molecule has 2 aromatic rings. The molecule has 2 bridgehead atoms. The predicted molar refractivity (Wildman–Crippen MR) is 112 cm³/mol. The molecule has 7 heteroatoms. The van der Waals surface area contributed by atoms with Gasteiger partial charge in [0.25, 0.3) is 11.8 Å². The number of carbonyl (C=O) groups is 2. The molecule has 1 saturated carbocycles. The summed E-state index contributed by atoms with van der Waals surface area (Å²) in [4.78, 5) is 25.6. The molecule has 0 N–H and O–H groups in total. The van der Waals surface area contributed by atoms with Gasteiger partial charge in [0.2, 0.25) is 0 Å². The highest BCUT2D eigenvalue weighted by Crippen LogP contribution is 2.52. The van der Waals surface area contributed by atoms with E-state index in [1.165, 1.54) is 12.3 Å². The van der Waals surface area contributed by atoms with E-state index in [2.05, 4.69) is 21.0 Å². The number of amides is 2. The van der Waals surface area contributed by atoms with Crippen molar-refractivity contribution in [2.45, 2.75) is 13.0 Å². The zero-order chi connectivity index (χ0) is 20.8. The lowest BCUT2D eigenvalue weighted by atomic mass is 9.85. The average Bonchev–Trinajstić information content (AvgIpc) is 3.41. The van der Waals surface area contributed by atoms with Crippen LogP contribution in [0.4, 0.5) is 4.39 Å². The van der Waals surface area contributed by atoms with E-state index in [1.807, 2.05) is 12.2 Å². The lowest BCUT2D eigenvalue weighted by Crippen LogP contribution is -2.28. The molecule has 1 aliphatic heterocycles. The summed E-state index contributed by atoms with van der Waals surface area (Å²) in [6.45, 7) is 0.0515. The van der Waals surface area contributed by atoms with Gasteiger partial charge in [0.15, 0.2) is 0 Å². The van der Waals surface area contributed by atoms with Crippen molar-refractivity contribution >= 4 is 34.0 Å². The smallest absolute Gasteiger partial charge is 0.254 e. The molecule has 2 aliphatic carbocycles. The highest BCUT2D eigenvalue weighted by molar-refractivity contribution is 9.10. The number of imide groups is 1. The summed E-state index contributed by atoms with van der Waals surface area (Å²) >= 11 is 3.41. The Morgan fingerprint density at radius 1 is 1.10 bits per heavy atom. The normalized spacial score (nSPS) is 26.8. The summed E-state index contributed by atoms with van der Waals surface area (Å²) in [6.07, 6.45) is 6.43. The van der Waals surface area contributed by atoms with Crippen LogP contribution in [0.15, 0.2) is 64.2 Å². The summed E-state index contributed by atoms with van der Waals surface area (Å²) in [6, 6.07) is 11.7. The summed E-state index contributed by atoms with van der Waals surface area (Å²) < 4.78 is 20.5. The molecular weight excluding hydrogens is 451 g/mol. The van der Waals surface area contributed by atoms with Gasteiger partial charge >= 0.3 is 0 Å². The van der Waals surface area contributed by atoms with Crippen LogP contribution in [0.5, 0.6) is 5.75 Å². The lowest BCUT2D eigenvalue weighted by molar-refractivity contribution is -0.140. The second-order valence-corrected chi connectivity index (χ2v) is 8.71. The highest BCUT2D eigenvalue weighted by Gasteiger charge is 2.59. The van der Waals surface area contributed by atoms with E-state index in [0.29, 0.717) is 16.9 Å². The molecule has 30 heavy (non-hydrogen) atoms. The second-order valence-electron chi connectivity index (χ2n) is 7.79. The molecule has 3 aliphatic rings. The van der Waals surface area contributed by atoms with Crippen molar-refractivity contribution in [1.82, 2.24) is 5.01 Å². The predicted octanol–water partition coefficient (Wildman–Crippen LogP) is 4.31. The van der Waals surface area contributed by atoms with Gasteiger partial charge < -0.3 is 4.74 Å². The Kier molecular flexibility index (Phi) is 4.77. The molecule has 0 radical (unpaired) electrons. The first kappa shape index (κ1) is 19.2. The first-order valence-corrected chi connectivity index (χ1v) is 10.6. The van der Waals surface area contributed by atoms with E-state index in [0.717, 1.165) is 15.9 Å². The lowest BCUT2D eigenvalue weighted by Gasteiger charge is -2.13. The van der Waals surface area contributed by atoms with Gasteiger partial charge in [-0.15, -0.1) is 0 Å². The van der Waals surface area contributed by atoms with Crippen LogP contribution in [0.1, 0.15) is 17.5 Å². The van der Waals surface area contributed by atoms with Crippen LogP contribution in [-0.4, -0.2) is 23.0 Å². The average molecular weight is 469 g/mol. The molecule has 2 aromatic carbocycles. The molecule has 152 valence electrons. The van der Waals surface area contributed by atoms with Gasteiger partial charge in [0.1, 0.15) is 18.2 Å². The number of hydrazone groups is 1. The SMILES string of the molecule is O=C1C2C3C=CC(C3)C2C(=O)N1N=Cc1cc(Br)ccc1OCc1ccccc1F. The summed E-state index contributed by atoms with van der Waals surface area (Å²) in [5.41, 5.74) is 1.02. The van der Waals surface area contributed by atoms with Gasteiger partial charge in [-0.1, -0.05) is 46.3 Å². The Morgan fingerprint density at radius 3 is 2.50 bits per heavy atom. The van der Waals surface area contributed by atoms with Gasteiger partial charge in [-0.3, -0.25) is 9.59 Å². The Labute approximate surface area is 181 Å². The minimum atomic E-state index is -0.340. The number of halogens is 2. The van der Waals surface area contributed by atoms with Gasteiger partial charge in [-0.2, -0.15) is 10.1 Å². The van der Waals surface area contributed by atoms with Crippen LogP contribution in [0.25, 0.3) is 0 Å². The van der Waals surface area contributed by atoms with E-state index in [4.69, 9.17) is 4.74 Å². The number of allylic oxidation sites excluding steroid dienone is 2. The molecule has 4 atom stereocenters. The zero-order valence-corrected chi connectivity index (χ0v) is 17.5. The van der Waals surface area contributed by atoms with Crippen LogP contribution >= 0.6 is 15.9 Å². The molecule has 1 saturated heterocycles. The van der Waals surface area contributed by atoms with Crippen molar-refractivity contribution < 1.29 is 18.7 Å². The number of hydrogen-bond donors (Lipinski definition) is 0. The van der Waals surface area contributed by atoms with Crippen molar-refractivity contribution in [2.75, 3.05) is 0 Å². The molecule has 1 heterocycles. The summed E-state index contributed by atoms with van der Waals surface area (Å²) in [5, 5.41) is 5.22. The molecule has 4 unspecified atom stereocenters. The van der Waals surface area contributed by atoms with Crippen molar-refractivity contribution in [3.8, 4) is 5.75 Å². The number of carbonyl (C=O) groups excluding carboxylic acids is 2. The van der Waals surface area contributed by atoms with Crippen LogP contribution in [0, 0.1) is 29.5 Å². The maximum Gasteiger partial charge on any atom is 0.254 e. The number of nitrogens with zero attached hydrogens (tertiary/aromatic N) is 2. The van der Waals surface area contributed by atoms with Gasteiger partial charge in [0, 0.05) is 15.6 Å². The Hall–Kier alpha value is -2.80. The van der Waals surface area contributed by atoms with Crippen LogP contribution in [-0.2, 0) is 16.2 Å². The third kappa shape index (κ3) is 3.17. The minimum absolute atomic E-state index is 0.0515. The van der Waals surface area contributed by atoms with E-state index in [-0.39, 0.29) is 47.9 Å². The number of ether oxygens (including phenoxy) is 1. The number of fused-ring (bicyclic) bond motifs is 5. The van der Waals surface area contributed by atoms with Crippen molar-refractivity contribution in [1.29, 1.82) is 0 Å². The minimum Gasteiger partial charge on any atom is -0.488 e. The van der Waals surface area contributed by atoms with E-state index < -0.39 is 0 Å². The third-order valence-corrected chi connectivity index (χ3v) is 6.57.